The topological polar surface area (TPSA) is 26.5 Å². The van der Waals surface area contributed by atoms with Crippen LogP contribution in [0.5, 0.6) is 0 Å². The van der Waals surface area contributed by atoms with Crippen molar-refractivity contribution in [3.05, 3.63) is 11.3 Å². The Kier molecular flexibility index (Phi) is 1.48. The van der Waals surface area contributed by atoms with Gasteiger partial charge in [0.15, 0.2) is 0 Å². The van der Waals surface area contributed by atoms with Crippen molar-refractivity contribution in [3.8, 4) is 0 Å². The molecule has 1 aliphatic carbocycles. The Morgan fingerprint density at radius 3 is 2.73 bits per heavy atom. The Labute approximate surface area is 67.4 Å². The van der Waals surface area contributed by atoms with E-state index in [-0.39, 0.29) is 0 Å². The fourth-order valence-electron chi connectivity index (χ4n) is 1.56. The lowest BCUT2D eigenvalue weighted by molar-refractivity contribution is 0.881. The smallest absolute Gasteiger partial charge is 0.0712 e. The molecule has 0 aromatic rings. The molecule has 0 saturated heterocycles. The molecule has 1 radical (unpaired) electrons. The molecule has 0 aromatic heterocycles. The second-order valence-corrected chi connectivity index (χ2v) is 3.28. The van der Waals surface area contributed by atoms with Crippen LogP contribution >= 0.6 is 0 Å². The summed E-state index contributed by atoms with van der Waals surface area (Å²) < 4.78 is 0. The van der Waals surface area contributed by atoms with Crippen LogP contribution < -0.4 is 5.43 Å². The highest BCUT2D eigenvalue weighted by molar-refractivity contribution is 6.04. The standard InChI is InChI=1S/C9H13N2/c1-3-8-6(2)10-11-9(8)7-4-5-7/h7H,3-5H2,1-2H3. The molecular formula is C9H13N2. The first kappa shape index (κ1) is 6.89. The highest BCUT2D eigenvalue weighted by atomic mass is 15.3. The Balaban J connectivity index is 2.21. The van der Waals surface area contributed by atoms with Crippen molar-refractivity contribution in [3.63, 3.8) is 0 Å². The van der Waals surface area contributed by atoms with Gasteiger partial charge in [-0.3, -0.25) is 0 Å². The summed E-state index contributed by atoms with van der Waals surface area (Å²) in [5.41, 5.74) is 7.91. The summed E-state index contributed by atoms with van der Waals surface area (Å²) in [4.78, 5) is 0. The molecule has 59 valence electrons. The van der Waals surface area contributed by atoms with Gasteiger partial charge in [-0.15, -0.1) is 0 Å². The van der Waals surface area contributed by atoms with Crippen LogP contribution in [0.25, 0.3) is 0 Å². The van der Waals surface area contributed by atoms with Crippen LogP contribution in [-0.4, -0.2) is 5.71 Å². The minimum absolute atomic E-state index is 0.756. The van der Waals surface area contributed by atoms with Crippen LogP contribution in [0.4, 0.5) is 0 Å². The van der Waals surface area contributed by atoms with Gasteiger partial charge in [-0.25, -0.2) is 0 Å². The average Bonchev–Trinajstić information content (AvgIpc) is 2.76. The molecule has 0 amide bonds. The van der Waals surface area contributed by atoms with E-state index in [9.17, 15) is 0 Å². The third-order valence-corrected chi connectivity index (χ3v) is 2.37. The summed E-state index contributed by atoms with van der Waals surface area (Å²) in [6.07, 6.45) is 3.74. The number of allylic oxidation sites excluding steroid dienone is 2. The maximum atomic E-state index is 4.20. The molecule has 0 N–H and O–H groups in total. The molecule has 2 rings (SSSR count). The molecule has 0 unspecified atom stereocenters. The predicted octanol–water partition coefficient (Wildman–Crippen LogP) is 2.05. The van der Waals surface area contributed by atoms with Gasteiger partial charge in [0.05, 0.1) is 11.4 Å². The molecule has 0 bridgehead atoms. The van der Waals surface area contributed by atoms with Crippen LogP contribution in [0.1, 0.15) is 33.1 Å². The van der Waals surface area contributed by atoms with Gasteiger partial charge in [-0.1, -0.05) is 6.92 Å². The Morgan fingerprint density at radius 1 is 1.45 bits per heavy atom. The predicted molar refractivity (Wildman–Crippen MR) is 45.3 cm³/mol. The molecule has 1 fully saturated rings. The van der Waals surface area contributed by atoms with Crippen molar-refractivity contribution >= 4 is 5.71 Å². The first-order chi connectivity index (χ1) is 5.33. The van der Waals surface area contributed by atoms with E-state index >= 15 is 0 Å². The van der Waals surface area contributed by atoms with Crippen molar-refractivity contribution in [2.75, 3.05) is 0 Å². The van der Waals surface area contributed by atoms with Crippen LogP contribution in [0.3, 0.4) is 0 Å². The first-order valence-corrected chi connectivity index (χ1v) is 4.31. The minimum Gasteiger partial charge on any atom is -0.155 e. The van der Waals surface area contributed by atoms with E-state index in [2.05, 4.69) is 24.4 Å². The van der Waals surface area contributed by atoms with Gasteiger partial charge in [-0.05, 0) is 31.8 Å². The Bertz CT molecular complexity index is 234. The summed E-state index contributed by atoms with van der Waals surface area (Å²) in [5, 5.41) is 4.20. The van der Waals surface area contributed by atoms with E-state index < -0.39 is 0 Å². The average molecular weight is 149 g/mol. The molecule has 2 nitrogen and oxygen atoms in total. The summed E-state index contributed by atoms with van der Waals surface area (Å²) in [6.45, 7) is 4.23. The maximum absolute atomic E-state index is 4.20. The molecule has 0 atom stereocenters. The van der Waals surface area contributed by atoms with Gasteiger partial charge >= 0.3 is 0 Å². The Morgan fingerprint density at radius 2 is 2.18 bits per heavy atom. The van der Waals surface area contributed by atoms with Crippen molar-refractivity contribution in [2.45, 2.75) is 33.1 Å². The second kappa shape index (κ2) is 2.36. The second-order valence-electron chi connectivity index (χ2n) is 3.28. The van der Waals surface area contributed by atoms with Gasteiger partial charge in [-0.2, -0.15) is 10.5 Å². The fraction of sp³-hybridized carbons (Fsp3) is 0.667. The largest absolute Gasteiger partial charge is 0.155 e. The monoisotopic (exact) mass is 149 g/mol. The fourth-order valence-corrected chi connectivity index (χ4v) is 1.56. The van der Waals surface area contributed by atoms with Crippen LogP contribution in [0, 0.1) is 5.92 Å². The zero-order chi connectivity index (χ0) is 7.84. The third-order valence-electron chi connectivity index (χ3n) is 2.37. The Hall–Kier alpha value is -0.790. The van der Waals surface area contributed by atoms with Crippen LogP contribution in [-0.2, 0) is 0 Å². The minimum atomic E-state index is 0.756. The van der Waals surface area contributed by atoms with Crippen molar-refractivity contribution < 1.29 is 0 Å². The molecule has 1 heterocycles. The van der Waals surface area contributed by atoms with E-state index in [1.165, 1.54) is 24.1 Å². The highest BCUT2D eigenvalue weighted by Crippen LogP contribution is 2.36. The lowest BCUT2D eigenvalue weighted by atomic mass is 10.0. The molecule has 2 heteroatoms. The number of rotatable bonds is 2. The molecule has 0 spiro atoms. The van der Waals surface area contributed by atoms with E-state index in [1.807, 2.05) is 0 Å². The van der Waals surface area contributed by atoms with Gasteiger partial charge < -0.3 is 0 Å². The molecule has 2 aliphatic rings. The normalized spacial score (nSPS) is 23.6. The van der Waals surface area contributed by atoms with Crippen molar-refractivity contribution in [1.82, 2.24) is 5.43 Å². The van der Waals surface area contributed by atoms with Crippen molar-refractivity contribution in [2.24, 2.45) is 11.0 Å². The zero-order valence-corrected chi connectivity index (χ0v) is 7.09. The van der Waals surface area contributed by atoms with Gasteiger partial charge in [0.2, 0.25) is 0 Å². The van der Waals surface area contributed by atoms with Crippen molar-refractivity contribution in [1.29, 1.82) is 0 Å². The van der Waals surface area contributed by atoms with E-state index in [1.54, 1.807) is 0 Å². The molecule has 0 aromatic carbocycles. The molecule has 1 aliphatic heterocycles. The summed E-state index contributed by atoms with van der Waals surface area (Å²) in [6, 6.07) is 0. The molecule has 1 saturated carbocycles. The lowest BCUT2D eigenvalue weighted by Gasteiger charge is -1.99. The molecule has 11 heavy (non-hydrogen) atoms. The summed E-state index contributed by atoms with van der Waals surface area (Å²) in [5.74, 6) is 0.756. The third kappa shape index (κ3) is 1.06. The van der Waals surface area contributed by atoms with Crippen LogP contribution in [0.15, 0.2) is 16.4 Å². The number of nitrogens with zero attached hydrogens (tertiary/aromatic N) is 2. The number of hydrogen-bond donors (Lipinski definition) is 0. The van der Waals surface area contributed by atoms with E-state index in [0.29, 0.717) is 0 Å². The maximum Gasteiger partial charge on any atom is 0.0712 e. The van der Waals surface area contributed by atoms with Gasteiger partial charge in [0.25, 0.3) is 0 Å². The SMILES string of the molecule is CCC1=C(C)[N]N=C1C1CC1. The van der Waals surface area contributed by atoms with Gasteiger partial charge in [0, 0.05) is 5.92 Å². The van der Waals surface area contributed by atoms with Gasteiger partial charge in [0.1, 0.15) is 0 Å². The lowest BCUT2D eigenvalue weighted by Crippen LogP contribution is -2.01. The number of hydrogen-bond acceptors (Lipinski definition) is 1. The van der Waals surface area contributed by atoms with E-state index in [4.69, 9.17) is 0 Å². The van der Waals surface area contributed by atoms with Crippen LogP contribution in [0.2, 0.25) is 0 Å². The zero-order valence-electron chi connectivity index (χ0n) is 7.09. The summed E-state index contributed by atoms with van der Waals surface area (Å²) >= 11 is 0. The van der Waals surface area contributed by atoms with E-state index in [0.717, 1.165) is 18.0 Å². The quantitative estimate of drug-likeness (QED) is 0.574. The summed E-state index contributed by atoms with van der Waals surface area (Å²) in [7, 11) is 0. The first-order valence-electron chi connectivity index (χ1n) is 4.31. The molecular weight excluding hydrogens is 136 g/mol. The highest BCUT2D eigenvalue weighted by Gasteiger charge is 2.32.